The van der Waals surface area contributed by atoms with Crippen molar-refractivity contribution in [3.63, 3.8) is 0 Å². The fourth-order valence-electron chi connectivity index (χ4n) is 0.449. The maximum atomic E-state index is 11.1. The second-order valence-electron chi connectivity index (χ2n) is 2.62. The summed E-state index contributed by atoms with van der Waals surface area (Å²) in [5.41, 5.74) is 1.06. The van der Waals surface area contributed by atoms with Gasteiger partial charge in [-0.25, -0.2) is 8.99 Å². The number of hydrogen-bond acceptors (Lipinski definition) is 4. The van der Waals surface area contributed by atoms with Gasteiger partial charge in [-0.05, 0) is 26.8 Å². The van der Waals surface area contributed by atoms with E-state index < -0.39 is 10.0 Å². The van der Waals surface area contributed by atoms with Crippen molar-refractivity contribution in [1.29, 1.82) is 4.78 Å². The van der Waals surface area contributed by atoms with E-state index in [0.717, 1.165) is 5.57 Å². The highest BCUT2D eigenvalue weighted by Gasteiger charge is 2.05. The van der Waals surface area contributed by atoms with Crippen molar-refractivity contribution < 1.29 is 8.49 Å². The van der Waals surface area contributed by atoms with Gasteiger partial charge in [0.2, 0.25) is 10.0 Å². The van der Waals surface area contributed by atoms with Crippen molar-refractivity contribution in [2.45, 2.75) is 20.8 Å². The molecule has 0 saturated heterocycles. The van der Waals surface area contributed by atoms with Crippen LogP contribution in [0.15, 0.2) is 22.6 Å². The minimum atomic E-state index is -3.20. The number of nitrogens with one attached hydrogen (secondary N) is 1. The molecule has 70 valence electrons. The summed E-state index contributed by atoms with van der Waals surface area (Å²) in [6, 6.07) is 0. The summed E-state index contributed by atoms with van der Waals surface area (Å²) in [7, 11) is -3.20. The Balaban J connectivity index is 4.73. The van der Waals surface area contributed by atoms with Crippen LogP contribution in [0.5, 0.6) is 0 Å². The summed E-state index contributed by atoms with van der Waals surface area (Å²) in [5.74, 6) is 4.69. The fourth-order valence-corrected chi connectivity index (χ4v) is 0.848. The summed E-state index contributed by atoms with van der Waals surface area (Å²) in [5, 5.41) is 0. The van der Waals surface area contributed by atoms with Crippen LogP contribution in [0.4, 0.5) is 0 Å². The van der Waals surface area contributed by atoms with Crippen molar-refractivity contribution in [3.05, 3.63) is 22.6 Å². The number of allylic oxidation sites excluding steroid dienone is 4. The van der Waals surface area contributed by atoms with Gasteiger partial charge >= 0.3 is 0 Å². The maximum absolute atomic E-state index is 11.1. The zero-order chi connectivity index (χ0) is 9.78. The Hall–Kier alpha value is -0.650. The summed E-state index contributed by atoms with van der Waals surface area (Å²) in [6.07, 6.45) is 3.32. The fraction of sp³-hybridized carbons (Fsp3) is 0.429. The van der Waals surface area contributed by atoms with Crippen molar-refractivity contribution >= 4 is 10.0 Å². The second-order valence-corrected chi connectivity index (χ2v) is 4.46. The lowest BCUT2D eigenvalue weighted by Gasteiger charge is -2.01. The predicted octanol–water partition coefficient (Wildman–Crippen LogP) is 1.71. The third kappa shape index (κ3) is 3.66. The van der Waals surface area contributed by atoms with E-state index in [2.05, 4.69) is 10.2 Å². The third-order valence-corrected chi connectivity index (χ3v) is 2.47. The highest BCUT2D eigenvalue weighted by molar-refractivity contribution is 7.91. The van der Waals surface area contributed by atoms with E-state index in [1.807, 2.05) is 13.8 Å². The molecule has 4 nitrogen and oxygen atoms in total. The molecule has 0 saturated carbocycles. The molecule has 0 aliphatic carbocycles. The van der Waals surface area contributed by atoms with Gasteiger partial charge in [0.25, 0.3) is 0 Å². The molecule has 0 aliphatic heterocycles. The zero-order valence-corrected chi connectivity index (χ0v) is 8.27. The van der Waals surface area contributed by atoms with Gasteiger partial charge in [0.1, 0.15) is 0 Å². The number of rotatable bonds is 3. The van der Waals surface area contributed by atoms with Gasteiger partial charge in [-0.2, -0.15) is 10.2 Å². The molecule has 0 bridgehead atoms. The van der Waals surface area contributed by atoms with Gasteiger partial charge in [0.15, 0.2) is 0 Å². The average Bonchev–Trinajstić information content (AvgIpc) is 2.00. The molecule has 0 aromatic carbocycles. The molecule has 0 spiro atoms. The molecule has 1 atom stereocenters. The highest BCUT2D eigenvalue weighted by Crippen LogP contribution is 2.07. The molecule has 0 radical (unpaired) electrons. The Morgan fingerprint density at radius 2 is 1.92 bits per heavy atom. The lowest BCUT2D eigenvalue weighted by Crippen LogP contribution is -2.09. The topological polar surface area (TPSA) is 76.2 Å². The molecule has 1 unspecified atom stereocenters. The molecule has 0 amide bonds. The van der Waals surface area contributed by atoms with Crippen LogP contribution in [0.3, 0.4) is 0 Å². The van der Waals surface area contributed by atoms with Crippen LogP contribution < -0.4 is 5.90 Å². The second kappa shape index (κ2) is 4.39. The van der Waals surface area contributed by atoms with Gasteiger partial charge in [-0.15, -0.1) is 0 Å². The first-order chi connectivity index (χ1) is 5.40. The SMILES string of the molecule is CC(C)=C/C=C(\C)S(=N)(=O)ON. The van der Waals surface area contributed by atoms with Crippen LogP contribution in [0.2, 0.25) is 0 Å². The minimum Gasteiger partial charge on any atom is -0.225 e. The van der Waals surface area contributed by atoms with Crippen LogP contribution in [-0.2, 0) is 14.3 Å². The Kier molecular flexibility index (Phi) is 4.16. The van der Waals surface area contributed by atoms with E-state index in [1.54, 1.807) is 19.1 Å². The molecule has 3 N–H and O–H groups in total. The van der Waals surface area contributed by atoms with Crippen LogP contribution in [0.25, 0.3) is 0 Å². The third-order valence-electron chi connectivity index (χ3n) is 1.21. The molecule has 0 rings (SSSR count). The first-order valence-corrected chi connectivity index (χ1v) is 4.87. The average molecular weight is 190 g/mol. The predicted molar refractivity (Wildman–Crippen MR) is 49.3 cm³/mol. The van der Waals surface area contributed by atoms with Gasteiger partial charge < -0.3 is 0 Å². The van der Waals surface area contributed by atoms with Gasteiger partial charge in [-0.1, -0.05) is 11.6 Å². The normalized spacial score (nSPS) is 16.8. The van der Waals surface area contributed by atoms with Gasteiger partial charge in [0.05, 0.1) is 0 Å². The van der Waals surface area contributed by atoms with E-state index in [-0.39, 0.29) is 0 Å². The van der Waals surface area contributed by atoms with E-state index in [0.29, 0.717) is 4.91 Å². The Bertz CT molecular complexity index is 297. The maximum Gasteiger partial charge on any atom is 0.202 e. The van der Waals surface area contributed by atoms with E-state index in [1.165, 1.54) is 0 Å². The van der Waals surface area contributed by atoms with Crippen molar-refractivity contribution in [3.8, 4) is 0 Å². The monoisotopic (exact) mass is 190 g/mol. The van der Waals surface area contributed by atoms with Crippen molar-refractivity contribution in [2.24, 2.45) is 5.90 Å². The smallest absolute Gasteiger partial charge is 0.202 e. The van der Waals surface area contributed by atoms with Crippen LogP contribution in [0.1, 0.15) is 20.8 Å². The molecule has 0 fully saturated rings. The van der Waals surface area contributed by atoms with E-state index in [4.69, 9.17) is 4.78 Å². The van der Waals surface area contributed by atoms with E-state index in [9.17, 15) is 4.21 Å². The molecule has 0 aliphatic rings. The molecule has 0 heterocycles. The lowest BCUT2D eigenvalue weighted by atomic mass is 10.3. The van der Waals surface area contributed by atoms with Crippen LogP contribution >= 0.6 is 0 Å². The first-order valence-electron chi connectivity index (χ1n) is 3.39. The summed E-state index contributed by atoms with van der Waals surface area (Å²) < 4.78 is 22.2. The van der Waals surface area contributed by atoms with E-state index >= 15 is 0 Å². The number of hydrogen-bond donors (Lipinski definition) is 2. The van der Waals surface area contributed by atoms with Crippen molar-refractivity contribution in [1.82, 2.24) is 0 Å². The zero-order valence-electron chi connectivity index (χ0n) is 7.46. The number of nitrogens with two attached hydrogens (primary N) is 1. The molecule has 5 heteroatoms. The molecule has 0 aromatic rings. The standard InChI is InChI=1S/C7H14N2O2S/c1-6(2)4-5-7(3)12(9,10)11-8/h4-5,9H,8H2,1-3H3/b7-5+. The minimum absolute atomic E-state index is 0.311. The highest BCUT2D eigenvalue weighted by atomic mass is 32.2. The molecular weight excluding hydrogens is 176 g/mol. The summed E-state index contributed by atoms with van der Waals surface area (Å²) in [4.78, 5) is 0.311. The molecule has 0 aromatic heterocycles. The van der Waals surface area contributed by atoms with Gasteiger partial charge in [-0.3, -0.25) is 0 Å². The Morgan fingerprint density at radius 1 is 1.42 bits per heavy atom. The molecular formula is C7H14N2O2S. The van der Waals surface area contributed by atoms with Gasteiger partial charge in [0, 0.05) is 4.91 Å². The molecule has 12 heavy (non-hydrogen) atoms. The summed E-state index contributed by atoms with van der Waals surface area (Å²) >= 11 is 0. The Morgan fingerprint density at radius 3 is 2.25 bits per heavy atom. The Labute approximate surface area is 73.2 Å². The summed E-state index contributed by atoms with van der Waals surface area (Å²) in [6.45, 7) is 5.35. The quantitative estimate of drug-likeness (QED) is 0.525. The lowest BCUT2D eigenvalue weighted by molar-refractivity contribution is 0.361. The van der Waals surface area contributed by atoms with Crippen LogP contribution in [0, 0.1) is 4.78 Å². The van der Waals surface area contributed by atoms with Crippen LogP contribution in [-0.4, -0.2) is 4.21 Å². The van der Waals surface area contributed by atoms with Crippen molar-refractivity contribution in [2.75, 3.05) is 0 Å². The first kappa shape index (κ1) is 11.4. The largest absolute Gasteiger partial charge is 0.225 e.